The van der Waals surface area contributed by atoms with Crippen LogP contribution in [0.3, 0.4) is 0 Å². The maximum Gasteiger partial charge on any atom is 0.413 e. The summed E-state index contributed by atoms with van der Waals surface area (Å²) in [6.07, 6.45) is -0.0224. The van der Waals surface area contributed by atoms with Crippen LogP contribution in [0.4, 0.5) is 20.6 Å². The van der Waals surface area contributed by atoms with E-state index in [1.165, 1.54) is 22.9 Å². The highest BCUT2D eigenvalue weighted by molar-refractivity contribution is 6.31. The zero-order valence-corrected chi connectivity index (χ0v) is 23.9. The summed E-state index contributed by atoms with van der Waals surface area (Å²) < 4.78 is 23.0. The van der Waals surface area contributed by atoms with E-state index in [0.29, 0.717) is 22.7 Å². The van der Waals surface area contributed by atoms with Gasteiger partial charge in [0.25, 0.3) is 5.56 Å². The molecule has 1 fully saturated rings. The Morgan fingerprint density at radius 1 is 1.15 bits per heavy atom. The second kappa shape index (κ2) is 10.2. The molecule has 0 radical (unpaired) electrons. The van der Waals surface area contributed by atoms with Crippen molar-refractivity contribution in [3.05, 3.63) is 92.1 Å². The number of aryl methyl sites for hydroxylation is 1. The molecule has 0 aliphatic carbocycles. The molecule has 2 aromatic carbocycles. The van der Waals surface area contributed by atoms with Gasteiger partial charge in [0.1, 0.15) is 11.2 Å². The van der Waals surface area contributed by atoms with Crippen LogP contribution in [0.25, 0.3) is 0 Å². The second-order valence-electron chi connectivity index (χ2n) is 11.4. The Labute approximate surface area is 240 Å². The molecule has 11 heteroatoms. The molecule has 2 amide bonds. The predicted molar refractivity (Wildman–Crippen MR) is 152 cm³/mol. The predicted octanol–water partition coefficient (Wildman–Crippen LogP) is 5.79. The molecule has 3 heterocycles. The van der Waals surface area contributed by atoms with Crippen molar-refractivity contribution in [3.8, 4) is 0 Å². The summed E-state index contributed by atoms with van der Waals surface area (Å²) in [7, 11) is 1.59. The Bertz CT molecular complexity index is 1570. The highest BCUT2D eigenvalue weighted by Crippen LogP contribution is 2.57. The third kappa shape index (κ3) is 4.87. The average molecular weight is 587 g/mol. The van der Waals surface area contributed by atoms with E-state index in [1.54, 1.807) is 43.4 Å². The van der Waals surface area contributed by atoms with Gasteiger partial charge in [-0.3, -0.25) is 20.2 Å². The molecule has 2 aliphatic rings. The number of ether oxygens (including phenoxy) is 1. The van der Waals surface area contributed by atoms with E-state index in [4.69, 9.17) is 27.9 Å². The fourth-order valence-corrected chi connectivity index (χ4v) is 6.21. The Kier molecular flexibility index (Phi) is 7.18. The van der Waals surface area contributed by atoms with Crippen LogP contribution < -0.4 is 21.5 Å². The van der Waals surface area contributed by atoms with Crippen LogP contribution in [0.5, 0.6) is 0 Å². The Morgan fingerprint density at radius 2 is 1.90 bits per heavy atom. The van der Waals surface area contributed by atoms with Gasteiger partial charge in [0, 0.05) is 36.1 Å². The minimum absolute atomic E-state index is 0.120. The monoisotopic (exact) mass is 586 g/mol. The largest absolute Gasteiger partial charge is 0.429 e. The summed E-state index contributed by atoms with van der Waals surface area (Å²) in [5.74, 6) is -2.08. The molecule has 210 valence electrons. The van der Waals surface area contributed by atoms with Crippen LogP contribution >= 0.6 is 23.2 Å². The van der Waals surface area contributed by atoms with Crippen molar-refractivity contribution < 1.29 is 18.7 Å². The first-order chi connectivity index (χ1) is 18.8. The smallest absolute Gasteiger partial charge is 0.413 e. The van der Waals surface area contributed by atoms with E-state index in [2.05, 4.69) is 16.0 Å². The number of nitrogens with one attached hydrogen (secondary N) is 3. The number of hydrogen-bond donors (Lipinski definition) is 3. The molecule has 3 N–H and O–H groups in total. The maximum atomic E-state index is 15.8. The van der Waals surface area contributed by atoms with Gasteiger partial charge in [-0.05, 0) is 47.2 Å². The third-order valence-electron chi connectivity index (χ3n) is 7.48. The van der Waals surface area contributed by atoms with E-state index < -0.39 is 35.5 Å². The highest BCUT2D eigenvalue weighted by Gasteiger charge is 2.66. The number of carbonyl (C=O) groups excluding carboxylic acids is 2. The lowest BCUT2D eigenvalue weighted by Crippen LogP contribution is -2.49. The van der Waals surface area contributed by atoms with Crippen LogP contribution in [-0.4, -0.2) is 28.8 Å². The van der Waals surface area contributed by atoms with Crippen molar-refractivity contribution in [1.82, 2.24) is 9.88 Å². The van der Waals surface area contributed by atoms with Gasteiger partial charge in [-0.1, -0.05) is 62.2 Å². The van der Waals surface area contributed by atoms with Crippen LogP contribution in [0, 0.1) is 11.2 Å². The van der Waals surface area contributed by atoms with E-state index in [0.717, 1.165) is 0 Å². The number of hydrogen-bond acceptors (Lipinski definition) is 5. The topological polar surface area (TPSA) is 101 Å². The van der Waals surface area contributed by atoms with E-state index in [1.807, 2.05) is 20.8 Å². The molecule has 0 bridgehead atoms. The number of benzene rings is 2. The molecule has 0 unspecified atom stereocenters. The summed E-state index contributed by atoms with van der Waals surface area (Å²) in [5, 5.41) is 9.15. The van der Waals surface area contributed by atoms with Crippen LogP contribution in [-0.2, 0) is 22.0 Å². The van der Waals surface area contributed by atoms with Crippen molar-refractivity contribution in [2.75, 3.05) is 10.6 Å². The molecule has 40 heavy (non-hydrogen) atoms. The lowest BCUT2D eigenvalue weighted by Gasteiger charge is -2.37. The minimum Gasteiger partial charge on any atom is -0.429 e. The average Bonchev–Trinajstić information content (AvgIpc) is 3.31. The van der Waals surface area contributed by atoms with Crippen molar-refractivity contribution in [3.63, 3.8) is 0 Å². The number of aromatic nitrogens is 1. The number of rotatable bonds is 4. The quantitative estimate of drug-likeness (QED) is 0.359. The summed E-state index contributed by atoms with van der Waals surface area (Å²) in [4.78, 5) is 39.3. The van der Waals surface area contributed by atoms with E-state index in [-0.39, 0.29) is 33.2 Å². The number of nitrogens with zero attached hydrogens (tertiary/aromatic N) is 1. The normalized spacial score (nSPS) is 23.7. The zero-order chi connectivity index (χ0) is 29.0. The SMILES string of the molecule is Cn1ccc(NC(=O)O[C@H]2N[C@@H](CC(C)(C)C)[C@@]3(C(=O)Nc4cc(Cl)ccc43)[C@H]2c2cccc(Cl)c2F)cc1=O. The molecular weight excluding hydrogens is 558 g/mol. The number of carbonyl (C=O) groups is 2. The molecule has 1 spiro atoms. The van der Waals surface area contributed by atoms with Gasteiger partial charge in [0.05, 0.1) is 16.6 Å². The molecule has 3 aromatic rings. The Morgan fingerprint density at radius 3 is 2.60 bits per heavy atom. The number of halogens is 3. The molecule has 0 saturated carbocycles. The summed E-state index contributed by atoms with van der Waals surface area (Å²) >= 11 is 12.5. The van der Waals surface area contributed by atoms with Gasteiger partial charge < -0.3 is 14.6 Å². The molecular formula is C29H29Cl2FN4O4. The van der Waals surface area contributed by atoms with Gasteiger partial charge in [0.2, 0.25) is 5.91 Å². The third-order valence-corrected chi connectivity index (χ3v) is 8.00. The first kappa shape index (κ1) is 28.1. The zero-order valence-electron chi connectivity index (χ0n) is 22.3. The molecule has 5 rings (SSSR count). The Hall–Kier alpha value is -3.40. The van der Waals surface area contributed by atoms with Crippen molar-refractivity contribution in [2.45, 2.75) is 50.8 Å². The highest BCUT2D eigenvalue weighted by atomic mass is 35.5. The summed E-state index contributed by atoms with van der Waals surface area (Å²) in [5.41, 5.74) is -0.470. The number of pyridine rings is 1. The van der Waals surface area contributed by atoms with Crippen molar-refractivity contribution >= 4 is 46.6 Å². The molecule has 2 aliphatic heterocycles. The van der Waals surface area contributed by atoms with Crippen LogP contribution in [0.1, 0.15) is 44.2 Å². The number of amides is 2. The molecule has 1 aromatic heterocycles. The summed E-state index contributed by atoms with van der Waals surface area (Å²) in [6.45, 7) is 6.09. The molecule has 1 saturated heterocycles. The van der Waals surface area contributed by atoms with E-state index >= 15 is 4.39 Å². The van der Waals surface area contributed by atoms with Crippen molar-refractivity contribution in [1.29, 1.82) is 0 Å². The lowest BCUT2D eigenvalue weighted by molar-refractivity contribution is -0.122. The first-order valence-corrected chi connectivity index (χ1v) is 13.5. The van der Waals surface area contributed by atoms with Crippen molar-refractivity contribution in [2.24, 2.45) is 12.5 Å². The maximum absolute atomic E-state index is 15.8. The molecule has 4 atom stereocenters. The minimum atomic E-state index is -1.37. The second-order valence-corrected chi connectivity index (χ2v) is 12.3. The van der Waals surface area contributed by atoms with Gasteiger partial charge in [-0.2, -0.15) is 0 Å². The summed E-state index contributed by atoms with van der Waals surface area (Å²) in [6, 6.07) is 11.9. The van der Waals surface area contributed by atoms with Crippen LogP contribution in [0.2, 0.25) is 10.0 Å². The number of anilines is 2. The van der Waals surface area contributed by atoms with Gasteiger partial charge in [-0.15, -0.1) is 0 Å². The van der Waals surface area contributed by atoms with Gasteiger partial charge in [0.15, 0.2) is 6.23 Å². The fourth-order valence-electron chi connectivity index (χ4n) is 5.86. The fraction of sp³-hybridized carbons (Fsp3) is 0.345. The Balaban J connectivity index is 1.65. The van der Waals surface area contributed by atoms with Gasteiger partial charge >= 0.3 is 6.09 Å². The van der Waals surface area contributed by atoms with E-state index in [9.17, 15) is 14.4 Å². The lowest BCUT2D eigenvalue weighted by atomic mass is 9.63. The number of fused-ring (bicyclic) bond motifs is 2. The molecule has 8 nitrogen and oxygen atoms in total. The standard InChI is InChI=1S/C29H29Cl2FN4O4/c1-28(2,3)14-21-29(18-9-8-15(30)12-20(18)34-26(29)38)23(17-6-5-7-19(31)24(17)32)25(35-21)40-27(39)33-16-10-11-36(4)22(37)13-16/h5-13,21,23,25,35H,14H2,1-4H3,(H,33,39)(H,34,38)/t21-,23-,25+,29+/m0/s1. The van der Waals surface area contributed by atoms with Gasteiger partial charge in [-0.25, -0.2) is 9.18 Å². The first-order valence-electron chi connectivity index (χ1n) is 12.8. The van der Waals surface area contributed by atoms with Crippen LogP contribution in [0.15, 0.2) is 59.5 Å².